The topological polar surface area (TPSA) is 96.4 Å². The fraction of sp³-hybridized carbons (Fsp3) is 0.750. The summed E-state index contributed by atoms with van der Waals surface area (Å²) in [7, 11) is 0. The first-order valence-corrected chi connectivity index (χ1v) is 7.58. The summed E-state index contributed by atoms with van der Waals surface area (Å²) in [5.74, 6) is -2.21. The highest BCUT2D eigenvalue weighted by molar-refractivity contribution is 5.91. The van der Waals surface area contributed by atoms with Gasteiger partial charge >= 0.3 is 5.97 Å². The fourth-order valence-electron chi connectivity index (χ4n) is 5.53. The third-order valence-electron chi connectivity index (χ3n) is 6.56. The number of epoxide rings is 1. The second-order valence-corrected chi connectivity index (χ2v) is 7.45. The average molecular weight is 308 g/mol. The highest BCUT2D eigenvalue weighted by atomic mass is 16.7. The first-order valence-electron chi connectivity index (χ1n) is 7.58. The average Bonchev–Trinajstić information content (AvgIpc) is 3.01. The summed E-state index contributed by atoms with van der Waals surface area (Å²) in [5.41, 5.74) is -3.17. The van der Waals surface area contributed by atoms with E-state index in [9.17, 15) is 19.8 Å². The van der Waals surface area contributed by atoms with E-state index in [1.54, 1.807) is 13.8 Å². The van der Waals surface area contributed by atoms with Crippen molar-refractivity contribution < 1.29 is 29.3 Å². The van der Waals surface area contributed by atoms with Crippen molar-refractivity contribution in [3.8, 4) is 0 Å². The lowest BCUT2D eigenvalue weighted by Gasteiger charge is -2.55. The maximum Gasteiger partial charge on any atom is 0.342 e. The van der Waals surface area contributed by atoms with Crippen LogP contribution in [0.3, 0.4) is 0 Å². The minimum Gasteiger partial charge on any atom is -0.457 e. The van der Waals surface area contributed by atoms with E-state index >= 15 is 0 Å². The monoisotopic (exact) mass is 308 g/mol. The van der Waals surface area contributed by atoms with Crippen LogP contribution in [0.2, 0.25) is 0 Å². The minimum absolute atomic E-state index is 0.204. The van der Waals surface area contributed by atoms with Gasteiger partial charge in [0.25, 0.3) is 0 Å². The van der Waals surface area contributed by atoms with Gasteiger partial charge < -0.3 is 19.7 Å². The molecule has 0 aromatic rings. The summed E-state index contributed by atoms with van der Waals surface area (Å²) < 4.78 is 11.0. The van der Waals surface area contributed by atoms with Gasteiger partial charge in [0.2, 0.25) is 5.60 Å². The van der Waals surface area contributed by atoms with Gasteiger partial charge in [0.05, 0.1) is 23.0 Å². The van der Waals surface area contributed by atoms with Crippen molar-refractivity contribution >= 4 is 11.8 Å². The molecule has 2 N–H and O–H groups in total. The molecule has 0 bridgehead atoms. The largest absolute Gasteiger partial charge is 0.457 e. The standard InChI is InChI=1S/C16H20O6/c1-6(2)9-10(7(3)17)15(20)5-8-16(22-8)13(19)21-12(11(9)18)14(15,16)4/h8-12,18,20H,1,5H2,2-4H3/t8-,9?,10+,11-,12-,14-,15?,16+/m1/s1. The van der Waals surface area contributed by atoms with E-state index in [1.165, 1.54) is 6.92 Å². The summed E-state index contributed by atoms with van der Waals surface area (Å²) in [6.07, 6.45) is -2.22. The third-order valence-corrected chi connectivity index (χ3v) is 6.56. The van der Waals surface area contributed by atoms with Crippen LogP contribution in [0.25, 0.3) is 0 Å². The van der Waals surface area contributed by atoms with Crippen molar-refractivity contribution in [2.75, 3.05) is 0 Å². The zero-order valence-corrected chi connectivity index (χ0v) is 12.8. The quantitative estimate of drug-likeness (QED) is 0.422. The summed E-state index contributed by atoms with van der Waals surface area (Å²) >= 11 is 0. The van der Waals surface area contributed by atoms with Crippen LogP contribution >= 0.6 is 0 Å². The van der Waals surface area contributed by atoms with Crippen molar-refractivity contribution in [3.63, 3.8) is 0 Å². The number of hydrogen-bond donors (Lipinski definition) is 2. The van der Waals surface area contributed by atoms with Gasteiger partial charge in [-0.15, -0.1) is 0 Å². The van der Waals surface area contributed by atoms with E-state index in [0.717, 1.165) is 0 Å². The molecule has 2 heterocycles. The van der Waals surface area contributed by atoms with Crippen LogP contribution in [-0.2, 0) is 19.1 Å². The fourth-order valence-corrected chi connectivity index (χ4v) is 5.53. The first-order chi connectivity index (χ1) is 10.1. The SMILES string of the molecule is C=C(C)C1[C@@H](O)[C@H]2OC(=O)[C@@]34O[C@@H]3CC(O)([C@H]1C(C)=O)[C@@]24C. The van der Waals surface area contributed by atoms with Crippen LogP contribution in [0.5, 0.6) is 0 Å². The highest BCUT2D eigenvalue weighted by Crippen LogP contribution is 2.75. The molecule has 0 aromatic carbocycles. The molecule has 0 radical (unpaired) electrons. The Morgan fingerprint density at radius 3 is 2.59 bits per heavy atom. The molecule has 2 aliphatic heterocycles. The molecule has 0 amide bonds. The summed E-state index contributed by atoms with van der Waals surface area (Å²) in [4.78, 5) is 24.6. The molecule has 4 fully saturated rings. The van der Waals surface area contributed by atoms with Gasteiger partial charge in [-0.3, -0.25) is 4.79 Å². The number of aliphatic hydroxyl groups excluding tert-OH is 1. The van der Waals surface area contributed by atoms with Gasteiger partial charge in [-0.05, 0) is 20.8 Å². The maximum atomic E-state index is 12.3. The lowest BCUT2D eigenvalue weighted by atomic mass is 9.51. The number of rotatable bonds is 2. The Balaban J connectivity index is 1.95. The Morgan fingerprint density at radius 2 is 2.05 bits per heavy atom. The van der Waals surface area contributed by atoms with Crippen LogP contribution in [-0.4, -0.2) is 51.5 Å². The van der Waals surface area contributed by atoms with E-state index in [1.807, 2.05) is 0 Å². The normalized spacial score (nSPS) is 57.9. The lowest BCUT2D eigenvalue weighted by Crippen LogP contribution is -2.69. The van der Waals surface area contributed by atoms with Gasteiger partial charge in [-0.2, -0.15) is 0 Å². The van der Waals surface area contributed by atoms with E-state index in [4.69, 9.17) is 9.47 Å². The predicted octanol–water partition coefficient (Wildman–Crippen LogP) is -0.0375. The Bertz CT molecular complexity index is 628. The molecule has 2 unspecified atom stereocenters. The summed E-state index contributed by atoms with van der Waals surface area (Å²) in [5, 5.41) is 22.2. The molecule has 6 nitrogen and oxygen atoms in total. The Morgan fingerprint density at radius 1 is 1.41 bits per heavy atom. The molecule has 4 rings (SSSR count). The predicted molar refractivity (Wildman–Crippen MR) is 73.6 cm³/mol. The second-order valence-electron chi connectivity index (χ2n) is 7.45. The number of Topliss-reactive ketones (excluding diaryl/α,β-unsaturated/α-hetero) is 1. The number of ketones is 1. The lowest BCUT2D eigenvalue weighted by molar-refractivity contribution is -0.229. The second kappa shape index (κ2) is 3.63. The molecule has 6 heteroatoms. The van der Waals surface area contributed by atoms with Gasteiger partial charge in [0.1, 0.15) is 18.0 Å². The number of aliphatic hydroxyl groups is 2. The van der Waals surface area contributed by atoms with Crippen molar-refractivity contribution in [2.45, 2.75) is 56.7 Å². The number of hydrogen-bond acceptors (Lipinski definition) is 6. The molecule has 8 atom stereocenters. The Kier molecular flexibility index (Phi) is 2.37. The van der Waals surface area contributed by atoms with Gasteiger partial charge in [-0.1, -0.05) is 12.2 Å². The third kappa shape index (κ3) is 1.12. The van der Waals surface area contributed by atoms with E-state index in [-0.39, 0.29) is 12.2 Å². The first kappa shape index (κ1) is 14.4. The zero-order chi connectivity index (χ0) is 16.2. The van der Waals surface area contributed by atoms with Crippen LogP contribution in [0.15, 0.2) is 12.2 Å². The maximum absolute atomic E-state index is 12.3. The number of esters is 1. The van der Waals surface area contributed by atoms with Crippen LogP contribution < -0.4 is 0 Å². The van der Waals surface area contributed by atoms with Gasteiger partial charge in [0.15, 0.2) is 0 Å². The molecular formula is C16H20O6. The van der Waals surface area contributed by atoms with E-state index in [2.05, 4.69) is 6.58 Å². The van der Waals surface area contributed by atoms with Gasteiger partial charge in [0, 0.05) is 12.3 Å². The van der Waals surface area contributed by atoms with Crippen LogP contribution in [0, 0.1) is 17.3 Å². The van der Waals surface area contributed by atoms with Crippen molar-refractivity contribution in [2.24, 2.45) is 17.3 Å². The highest BCUT2D eigenvalue weighted by Gasteiger charge is 2.93. The smallest absolute Gasteiger partial charge is 0.342 e. The molecule has 1 spiro atoms. The molecule has 2 saturated carbocycles. The van der Waals surface area contributed by atoms with Gasteiger partial charge in [-0.25, -0.2) is 4.79 Å². The van der Waals surface area contributed by atoms with Crippen molar-refractivity contribution in [1.29, 1.82) is 0 Å². The molecule has 22 heavy (non-hydrogen) atoms. The number of carbonyl (C=O) groups is 2. The van der Waals surface area contributed by atoms with Crippen molar-refractivity contribution in [1.82, 2.24) is 0 Å². The minimum atomic E-state index is -1.44. The summed E-state index contributed by atoms with van der Waals surface area (Å²) in [6, 6.07) is 0. The summed E-state index contributed by atoms with van der Waals surface area (Å²) in [6.45, 7) is 8.69. The molecule has 4 aliphatic rings. The molecule has 2 saturated heterocycles. The molecule has 0 aromatic heterocycles. The van der Waals surface area contributed by atoms with Crippen LogP contribution in [0.4, 0.5) is 0 Å². The number of carbonyl (C=O) groups excluding carboxylic acids is 2. The zero-order valence-electron chi connectivity index (χ0n) is 12.8. The molecule has 120 valence electrons. The van der Waals surface area contributed by atoms with Crippen molar-refractivity contribution in [3.05, 3.63) is 12.2 Å². The Hall–Kier alpha value is -1.24. The molecule has 2 aliphatic carbocycles. The van der Waals surface area contributed by atoms with E-state index < -0.39 is 52.7 Å². The van der Waals surface area contributed by atoms with E-state index in [0.29, 0.717) is 5.57 Å². The Labute approximate surface area is 128 Å². The number of ether oxygens (including phenoxy) is 2. The molecular weight excluding hydrogens is 288 g/mol. The van der Waals surface area contributed by atoms with Crippen LogP contribution in [0.1, 0.15) is 27.2 Å².